The third-order valence-electron chi connectivity index (χ3n) is 3.09. The smallest absolute Gasteiger partial charge is 0.149 e. The van der Waals surface area contributed by atoms with E-state index in [4.69, 9.17) is 27.9 Å². The van der Waals surface area contributed by atoms with Gasteiger partial charge in [-0.2, -0.15) is 0 Å². The van der Waals surface area contributed by atoms with Crippen molar-refractivity contribution >= 4 is 29.5 Å². The summed E-state index contributed by atoms with van der Waals surface area (Å²) in [5.74, 6) is 0. The number of carbonyl (C=O) groups is 1. The van der Waals surface area contributed by atoms with Gasteiger partial charge in [0.15, 0.2) is 0 Å². The quantitative estimate of drug-likeness (QED) is 0.596. The van der Waals surface area contributed by atoms with E-state index < -0.39 is 10.4 Å². The summed E-state index contributed by atoms with van der Waals surface area (Å²) in [7, 11) is 0. The van der Waals surface area contributed by atoms with Crippen molar-refractivity contribution in [2.24, 2.45) is 0 Å². The molecule has 0 bridgehead atoms. The number of benzene rings is 2. The van der Waals surface area contributed by atoms with Crippen LogP contribution in [-0.2, 0) is 15.1 Å². The third-order valence-corrected chi connectivity index (χ3v) is 3.71. The average Bonchev–Trinajstić information content (AvgIpc) is 2.50. The molecule has 0 saturated heterocycles. The van der Waals surface area contributed by atoms with Gasteiger partial charge < -0.3 is 9.53 Å². The van der Waals surface area contributed by atoms with Gasteiger partial charge in [-0.1, -0.05) is 60.7 Å². The van der Waals surface area contributed by atoms with Crippen molar-refractivity contribution in [3.05, 3.63) is 71.8 Å². The molecule has 0 fully saturated rings. The van der Waals surface area contributed by atoms with Gasteiger partial charge in [-0.05, 0) is 11.1 Å². The van der Waals surface area contributed by atoms with Crippen LogP contribution in [0.3, 0.4) is 0 Å². The number of hydrogen-bond acceptors (Lipinski definition) is 2. The molecule has 0 aromatic heterocycles. The second-order valence-electron chi connectivity index (χ2n) is 4.25. The summed E-state index contributed by atoms with van der Waals surface area (Å²) in [6.45, 7) is -0.0836. The van der Waals surface area contributed by atoms with Crippen molar-refractivity contribution in [1.29, 1.82) is 0 Å². The molecule has 0 amide bonds. The molecule has 0 spiro atoms. The molecule has 0 radical (unpaired) electrons. The lowest BCUT2D eigenvalue weighted by atomic mass is 9.87. The van der Waals surface area contributed by atoms with Crippen LogP contribution in [0.2, 0.25) is 0 Å². The van der Waals surface area contributed by atoms with E-state index >= 15 is 0 Å². The molecule has 0 saturated carbocycles. The molecule has 2 aromatic carbocycles. The molecule has 4 heteroatoms. The fraction of sp³-hybridized carbons (Fsp3) is 0.188. The van der Waals surface area contributed by atoms with Gasteiger partial charge in [-0.15, -0.1) is 23.2 Å². The van der Waals surface area contributed by atoms with Gasteiger partial charge in [0.25, 0.3) is 0 Å². The molecule has 104 valence electrons. The maximum Gasteiger partial charge on any atom is 0.149 e. The van der Waals surface area contributed by atoms with Gasteiger partial charge in [-0.3, -0.25) is 0 Å². The van der Waals surface area contributed by atoms with Crippen LogP contribution in [0.25, 0.3) is 0 Å². The minimum absolute atomic E-state index is 0.0836. The first-order valence-corrected chi connectivity index (χ1v) is 7.06. The van der Waals surface area contributed by atoms with E-state index in [1.807, 2.05) is 60.7 Å². The lowest BCUT2D eigenvalue weighted by Gasteiger charge is -2.35. The fourth-order valence-electron chi connectivity index (χ4n) is 2.19. The number of ether oxygens (including phenoxy) is 1. The van der Waals surface area contributed by atoms with Gasteiger partial charge in [-0.25, -0.2) is 0 Å². The second kappa shape index (κ2) is 6.89. The molecule has 2 nitrogen and oxygen atoms in total. The summed E-state index contributed by atoms with van der Waals surface area (Å²) in [6, 6.07) is 18.9. The van der Waals surface area contributed by atoms with E-state index in [2.05, 4.69) is 0 Å². The molecule has 20 heavy (non-hydrogen) atoms. The summed E-state index contributed by atoms with van der Waals surface area (Å²) in [4.78, 5) is 9.87. The highest BCUT2D eigenvalue weighted by Gasteiger charge is 2.41. The Bertz CT molecular complexity index is 501. The molecular formula is C16H14Cl2O2. The van der Waals surface area contributed by atoms with Crippen LogP contribution in [-0.4, -0.2) is 17.7 Å². The summed E-state index contributed by atoms with van der Waals surface area (Å²) in [5.41, 5.74) is 0.554. The van der Waals surface area contributed by atoms with Crippen LogP contribution >= 0.6 is 23.2 Å². The number of halogens is 2. The van der Waals surface area contributed by atoms with Crippen LogP contribution in [0.1, 0.15) is 11.1 Å². The van der Waals surface area contributed by atoms with Crippen molar-refractivity contribution in [2.45, 2.75) is 10.4 Å². The van der Waals surface area contributed by atoms with E-state index in [1.54, 1.807) is 0 Å². The summed E-state index contributed by atoms with van der Waals surface area (Å²) in [6.07, 6.45) is 0.691. The Morgan fingerprint density at radius 3 is 1.75 bits per heavy atom. The number of aldehydes is 1. The first-order chi connectivity index (χ1) is 9.71. The SMILES string of the molecule is O=CCOC(c1ccccc1)(c1ccccc1)C(Cl)Cl. The van der Waals surface area contributed by atoms with Crippen LogP contribution < -0.4 is 0 Å². The van der Waals surface area contributed by atoms with Crippen molar-refractivity contribution in [3.8, 4) is 0 Å². The lowest BCUT2D eigenvalue weighted by Crippen LogP contribution is -2.38. The first kappa shape index (κ1) is 15.0. The predicted octanol–water partition coefficient (Wildman–Crippen LogP) is 3.95. The van der Waals surface area contributed by atoms with Crippen LogP contribution in [0.4, 0.5) is 0 Å². The Morgan fingerprint density at radius 2 is 1.40 bits per heavy atom. The Kier molecular flexibility index (Phi) is 5.18. The molecule has 0 atom stereocenters. The first-order valence-electron chi connectivity index (χ1n) is 6.18. The van der Waals surface area contributed by atoms with E-state index in [0.29, 0.717) is 6.29 Å². The lowest BCUT2D eigenvalue weighted by molar-refractivity contribution is -0.116. The zero-order valence-electron chi connectivity index (χ0n) is 10.7. The van der Waals surface area contributed by atoms with E-state index in [-0.39, 0.29) is 6.61 Å². The molecule has 0 aliphatic heterocycles. The highest BCUT2D eigenvalue weighted by molar-refractivity contribution is 6.45. The average molecular weight is 309 g/mol. The molecule has 0 unspecified atom stereocenters. The molecular weight excluding hydrogens is 295 g/mol. The number of carbonyl (C=O) groups excluding carboxylic acids is 1. The normalized spacial score (nSPS) is 11.6. The van der Waals surface area contributed by atoms with E-state index in [0.717, 1.165) is 11.1 Å². The molecule has 0 heterocycles. The Hall–Kier alpha value is -1.35. The summed E-state index contributed by atoms with van der Waals surface area (Å²) < 4.78 is 5.78. The number of hydrogen-bond donors (Lipinski definition) is 0. The monoisotopic (exact) mass is 308 g/mol. The standard InChI is InChI=1S/C16H14Cl2O2/c17-15(18)16(20-12-11-19,13-7-3-1-4-8-13)14-9-5-2-6-10-14/h1-11,15H,12H2. The van der Waals surface area contributed by atoms with Crippen LogP contribution in [0.15, 0.2) is 60.7 Å². The molecule has 2 aromatic rings. The zero-order chi connectivity index (χ0) is 14.4. The minimum atomic E-state index is -1.06. The third kappa shape index (κ3) is 2.88. The van der Waals surface area contributed by atoms with Crippen LogP contribution in [0, 0.1) is 0 Å². The topological polar surface area (TPSA) is 26.3 Å². The van der Waals surface area contributed by atoms with Gasteiger partial charge in [0.05, 0.1) is 0 Å². The Labute approximate surface area is 128 Å². The van der Waals surface area contributed by atoms with Crippen LogP contribution in [0.5, 0.6) is 0 Å². The molecule has 0 aliphatic carbocycles. The second-order valence-corrected chi connectivity index (χ2v) is 5.34. The summed E-state index contributed by atoms with van der Waals surface area (Å²) >= 11 is 12.5. The Balaban J connectivity index is 2.59. The van der Waals surface area contributed by atoms with Crippen molar-refractivity contribution in [2.75, 3.05) is 6.61 Å². The van der Waals surface area contributed by atoms with Gasteiger partial charge in [0, 0.05) is 0 Å². The molecule has 2 rings (SSSR count). The molecule has 0 aliphatic rings. The van der Waals surface area contributed by atoms with Crippen molar-refractivity contribution < 1.29 is 9.53 Å². The predicted molar refractivity (Wildman–Crippen MR) is 81.2 cm³/mol. The van der Waals surface area contributed by atoms with Gasteiger partial charge in [0.1, 0.15) is 23.3 Å². The van der Waals surface area contributed by atoms with E-state index in [1.165, 1.54) is 0 Å². The molecule has 0 N–H and O–H groups in total. The van der Waals surface area contributed by atoms with Gasteiger partial charge in [0.2, 0.25) is 0 Å². The fourth-order valence-corrected chi connectivity index (χ4v) is 2.82. The Morgan fingerprint density at radius 1 is 0.950 bits per heavy atom. The van der Waals surface area contributed by atoms with E-state index in [9.17, 15) is 4.79 Å². The zero-order valence-corrected chi connectivity index (χ0v) is 12.2. The maximum absolute atomic E-state index is 10.7. The minimum Gasteiger partial charge on any atom is -0.355 e. The highest BCUT2D eigenvalue weighted by Crippen LogP contribution is 2.41. The number of alkyl halides is 2. The highest BCUT2D eigenvalue weighted by atomic mass is 35.5. The number of rotatable bonds is 6. The van der Waals surface area contributed by atoms with Crippen molar-refractivity contribution in [1.82, 2.24) is 0 Å². The summed E-state index contributed by atoms with van der Waals surface area (Å²) in [5, 5.41) is 0. The maximum atomic E-state index is 10.7. The largest absolute Gasteiger partial charge is 0.355 e. The van der Waals surface area contributed by atoms with Crippen molar-refractivity contribution in [3.63, 3.8) is 0 Å². The van der Waals surface area contributed by atoms with Gasteiger partial charge >= 0.3 is 0 Å².